The van der Waals surface area contributed by atoms with Gasteiger partial charge in [0.25, 0.3) is 5.91 Å². The number of hydrogen-bond donors (Lipinski definition) is 1. The van der Waals surface area contributed by atoms with Crippen LogP contribution in [0.25, 0.3) is 0 Å². The summed E-state index contributed by atoms with van der Waals surface area (Å²) < 4.78 is 0. The highest BCUT2D eigenvalue weighted by Crippen LogP contribution is 2.02. The maximum absolute atomic E-state index is 11.7. The van der Waals surface area contributed by atoms with Crippen LogP contribution in [-0.4, -0.2) is 22.3 Å². The van der Waals surface area contributed by atoms with Crippen molar-refractivity contribution in [2.24, 2.45) is 0 Å². The maximum atomic E-state index is 11.7. The first-order valence-corrected chi connectivity index (χ1v) is 6.04. The summed E-state index contributed by atoms with van der Waals surface area (Å²) in [5, 5.41) is 3.80. The monoisotopic (exact) mass is 270 g/mol. The van der Waals surface area contributed by atoms with E-state index in [1.54, 1.807) is 12.4 Å². The number of amides is 1. The third kappa shape index (κ3) is 4.00. The van der Waals surface area contributed by atoms with Crippen molar-refractivity contribution in [1.82, 2.24) is 10.3 Å². The lowest BCUT2D eigenvalue weighted by atomic mass is 10.2. The van der Waals surface area contributed by atoms with E-state index in [1.807, 2.05) is 19.9 Å². The van der Waals surface area contributed by atoms with Crippen LogP contribution in [0.4, 0.5) is 0 Å². The fourth-order valence-corrected chi connectivity index (χ4v) is 1.91. The number of nitrogens with one attached hydrogen (secondary N) is 1. The fraction of sp³-hybridized carbons (Fsp3) is 0.455. The van der Waals surface area contributed by atoms with E-state index in [0.29, 0.717) is 5.56 Å². The van der Waals surface area contributed by atoms with Crippen molar-refractivity contribution in [3.8, 4) is 0 Å². The van der Waals surface area contributed by atoms with Gasteiger partial charge in [-0.2, -0.15) is 0 Å². The van der Waals surface area contributed by atoms with Gasteiger partial charge in [0, 0.05) is 23.8 Å². The molecule has 0 bridgehead atoms. The van der Waals surface area contributed by atoms with E-state index in [1.165, 1.54) is 0 Å². The molecule has 1 aromatic heterocycles. The molecule has 1 unspecified atom stereocenters. The molecule has 0 radical (unpaired) electrons. The molecular weight excluding hydrogens is 256 g/mol. The molecule has 82 valence electrons. The predicted octanol–water partition coefficient (Wildman–Crippen LogP) is 2.29. The average molecular weight is 271 g/mol. The van der Waals surface area contributed by atoms with Gasteiger partial charge in [-0.05, 0) is 31.9 Å². The van der Waals surface area contributed by atoms with Crippen molar-refractivity contribution >= 4 is 21.8 Å². The summed E-state index contributed by atoms with van der Waals surface area (Å²) in [6.07, 6.45) is 4.24. The number of nitrogens with zero attached hydrogens (tertiary/aromatic N) is 1. The second kappa shape index (κ2) is 5.85. The van der Waals surface area contributed by atoms with Gasteiger partial charge in [0.15, 0.2) is 0 Å². The normalized spacial score (nSPS) is 12.2. The summed E-state index contributed by atoms with van der Waals surface area (Å²) in [5.41, 5.74) is 1.62. The summed E-state index contributed by atoms with van der Waals surface area (Å²) in [5.74, 6) is -0.0559. The molecule has 0 fully saturated rings. The lowest BCUT2D eigenvalue weighted by Gasteiger charge is -2.12. The first-order valence-electron chi connectivity index (χ1n) is 4.92. The lowest BCUT2D eigenvalue weighted by Crippen LogP contribution is -2.32. The van der Waals surface area contributed by atoms with E-state index in [4.69, 9.17) is 0 Å². The summed E-state index contributed by atoms with van der Waals surface area (Å²) in [4.78, 5) is 15.7. The van der Waals surface area contributed by atoms with Crippen LogP contribution < -0.4 is 5.32 Å². The van der Waals surface area contributed by atoms with Gasteiger partial charge in [-0.15, -0.1) is 0 Å². The van der Waals surface area contributed by atoms with E-state index in [9.17, 15) is 4.79 Å². The standard InChI is InChI=1S/C11H15BrN2O/c1-8-5-10(7-13-6-8)11(15)14-9(2)3-4-12/h5-7,9H,3-4H2,1-2H3,(H,14,15). The van der Waals surface area contributed by atoms with Crippen LogP contribution in [0.5, 0.6) is 0 Å². The van der Waals surface area contributed by atoms with E-state index in [-0.39, 0.29) is 11.9 Å². The fourth-order valence-electron chi connectivity index (χ4n) is 1.22. The first kappa shape index (κ1) is 12.2. The van der Waals surface area contributed by atoms with Crippen LogP contribution in [0.1, 0.15) is 29.3 Å². The van der Waals surface area contributed by atoms with Gasteiger partial charge in [0.2, 0.25) is 0 Å². The molecule has 1 aromatic rings. The third-order valence-corrected chi connectivity index (χ3v) is 2.51. The quantitative estimate of drug-likeness (QED) is 0.854. The predicted molar refractivity (Wildman–Crippen MR) is 64.3 cm³/mol. The smallest absolute Gasteiger partial charge is 0.253 e. The Morgan fingerprint density at radius 1 is 1.60 bits per heavy atom. The number of aryl methyl sites for hydroxylation is 1. The zero-order valence-electron chi connectivity index (χ0n) is 8.96. The summed E-state index contributed by atoms with van der Waals surface area (Å²) in [7, 11) is 0. The Hall–Kier alpha value is -0.900. The Balaban J connectivity index is 2.61. The highest BCUT2D eigenvalue weighted by atomic mass is 79.9. The summed E-state index contributed by atoms with van der Waals surface area (Å²) in [6.45, 7) is 3.91. The lowest BCUT2D eigenvalue weighted by molar-refractivity contribution is 0.0939. The van der Waals surface area contributed by atoms with Crippen LogP contribution in [-0.2, 0) is 0 Å². The topological polar surface area (TPSA) is 42.0 Å². The molecule has 0 saturated carbocycles. The van der Waals surface area contributed by atoms with Crippen LogP contribution in [0.2, 0.25) is 0 Å². The van der Waals surface area contributed by atoms with Gasteiger partial charge in [-0.3, -0.25) is 9.78 Å². The number of alkyl halides is 1. The van der Waals surface area contributed by atoms with Gasteiger partial charge in [0.1, 0.15) is 0 Å². The maximum Gasteiger partial charge on any atom is 0.253 e. The third-order valence-electron chi connectivity index (χ3n) is 2.06. The van der Waals surface area contributed by atoms with Crippen LogP contribution in [0.3, 0.4) is 0 Å². The van der Waals surface area contributed by atoms with Gasteiger partial charge in [0.05, 0.1) is 5.56 Å². The SMILES string of the molecule is Cc1cncc(C(=O)NC(C)CCBr)c1. The van der Waals surface area contributed by atoms with E-state index in [0.717, 1.165) is 17.3 Å². The Morgan fingerprint density at radius 2 is 2.33 bits per heavy atom. The molecule has 1 N–H and O–H groups in total. The summed E-state index contributed by atoms with van der Waals surface area (Å²) >= 11 is 3.34. The molecule has 0 spiro atoms. The molecule has 3 nitrogen and oxygen atoms in total. The molecule has 15 heavy (non-hydrogen) atoms. The molecule has 0 aliphatic carbocycles. The number of halogens is 1. The number of aromatic nitrogens is 1. The minimum atomic E-state index is -0.0559. The highest BCUT2D eigenvalue weighted by molar-refractivity contribution is 9.09. The van der Waals surface area contributed by atoms with Crippen molar-refractivity contribution < 1.29 is 4.79 Å². The summed E-state index contributed by atoms with van der Waals surface area (Å²) in [6, 6.07) is 2.01. The van der Waals surface area contributed by atoms with E-state index < -0.39 is 0 Å². The molecule has 0 aliphatic rings. The van der Waals surface area contributed by atoms with Crippen molar-refractivity contribution in [3.05, 3.63) is 29.6 Å². The molecular formula is C11H15BrN2O. The van der Waals surface area contributed by atoms with Gasteiger partial charge >= 0.3 is 0 Å². The number of rotatable bonds is 4. The van der Waals surface area contributed by atoms with Crippen molar-refractivity contribution in [3.63, 3.8) is 0 Å². The molecule has 1 heterocycles. The van der Waals surface area contributed by atoms with E-state index in [2.05, 4.69) is 26.2 Å². The molecule has 1 amide bonds. The van der Waals surface area contributed by atoms with E-state index >= 15 is 0 Å². The largest absolute Gasteiger partial charge is 0.350 e. The van der Waals surface area contributed by atoms with Crippen LogP contribution in [0, 0.1) is 6.92 Å². The van der Waals surface area contributed by atoms with Crippen molar-refractivity contribution in [2.45, 2.75) is 26.3 Å². The number of carbonyl (C=O) groups excluding carboxylic acids is 1. The molecule has 0 aliphatic heterocycles. The van der Waals surface area contributed by atoms with Gasteiger partial charge in [-0.25, -0.2) is 0 Å². The second-order valence-corrected chi connectivity index (χ2v) is 4.40. The Kier molecular flexibility index (Phi) is 4.75. The minimum absolute atomic E-state index is 0.0559. The minimum Gasteiger partial charge on any atom is -0.350 e. The molecule has 0 aromatic carbocycles. The Labute approximate surface area is 98.4 Å². The zero-order chi connectivity index (χ0) is 11.3. The second-order valence-electron chi connectivity index (χ2n) is 3.60. The van der Waals surface area contributed by atoms with Crippen LogP contribution in [0.15, 0.2) is 18.5 Å². The Bertz CT molecular complexity index is 341. The first-order chi connectivity index (χ1) is 7.13. The number of hydrogen-bond acceptors (Lipinski definition) is 2. The molecule has 1 rings (SSSR count). The van der Waals surface area contributed by atoms with Crippen molar-refractivity contribution in [1.29, 1.82) is 0 Å². The van der Waals surface area contributed by atoms with Gasteiger partial charge in [-0.1, -0.05) is 15.9 Å². The Morgan fingerprint density at radius 3 is 2.93 bits per heavy atom. The van der Waals surface area contributed by atoms with Crippen molar-refractivity contribution in [2.75, 3.05) is 5.33 Å². The molecule has 0 saturated heterocycles. The van der Waals surface area contributed by atoms with Gasteiger partial charge < -0.3 is 5.32 Å². The number of carbonyl (C=O) groups is 1. The number of pyridine rings is 1. The highest BCUT2D eigenvalue weighted by Gasteiger charge is 2.09. The molecule has 4 heteroatoms. The average Bonchev–Trinajstić information content (AvgIpc) is 2.18. The van der Waals surface area contributed by atoms with Crippen LogP contribution >= 0.6 is 15.9 Å². The zero-order valence-corrected chi connectivity index (χ0v) is 10.5. The molecule has 1 atom stereocenters.